The predicted octanol–water partition coefficient (Wildman–Crippen LogP) is 4.34. The molecule has 1 aliphatic rings. The summed E-state index contributed by atoms with van der Waals surface area (Å²) in [4.78, 5) is 11.5. The number of halogens is 2. The van der Waals surface area contributed by atoms with E-state index in [0.29, 0.717) is 0 Å². The molecule has 1 aliphatic carbocycles. The summed E-state index contributed by atoms with van der Waals surface area (Å²) in [5.41, 5.74) is 2.33. The lowest BCUT2D eigenvalue weighted by molar-refractivity contribution is 0.469. The molecule has 0 aliphatic heterocycles. The van der Waals surface area contributed by atoms with E-state index in [1.807, 2.05) is 26.1 Å². The lowest BCUT2D eigenvalue weighted by Gasteiger charge is -2.22. The first-order valence-electron chi connectivity index (χ1n) is 8.69. The molecule has 0 bridgehead atoms. The van der Waals surface area contributed by atoms with Gasteiger partial charge in [0.2, 0.25) is 0 Å². The van der Waals surface area contributed by atoms with Crippen molar-refractivity contribution in [2.45, 2.75) is 38.6 Å². The Morgan fingerprint density at radius 1 is 1.35 bits per heavy atom. The van der Waals surface area contributed by atoms with Crippen LogP contribution in [0.4, 0.5) is 4.39 Å². The van der Waals surface area contributed by atoms with Crippen molar-refractivity contribution in [1.29, 1.82) is 0 Å². The van der Waals surface area contributed by atoms with Gasteiger partial charge in [-0.1, -0.05) is 12.1 Å². The van der Waals surface area contributed by atoms with Crippen molar-refractivity contribution < 1.29 is 4.39 Å². The highest BCUT2D eigenvalue weighted by Crippen LogP contribution is 2.48. The van der Waals surface area contributed by atoms with Gasteiger partial charge in [0.1, 0.15) is 5.82 Å². The molecule has 3 rings (SSSR count). The summed E-state index contributed by atoms with van der Waals surface area (Å²) in [5, 5.41) is 6.54. The second-order valence-corrected chi connectivity index (χ2v) is 7.73. The zero-order chi connectivity index (χ0) is 17.9. The van der Waals surface area contributed by atoms with Crippen molar-refractivity contribution in [3.8, 4) is 0 Å². The molecule has 1 saturated carbocycles. The van der Waals surface area contributed by atoms with Crippen molar-refractivity contribution in [3.63, 3.8) is 0 Å². The van der Waals surface area contributed by atoms with Crippen LogP contribution in [-0.4, -0.2) is 36.0 Å². The summed E-state index contributed by atoms with van der Waals surface area (Å²) in [5.74, 6) is 0.705. The molecule has 0 unspecified atom stereocenters. The van der Waals surface area contributed by atoms with Gasteiger partial charge < -0.3 is 10.2 Å². The monoisotopic (exact) mass is 488 g/mol. The minimum Gasteiger partial charge on any atom is -0.357 e. The minimum absolute atomic E-state index is 0. The number of nitrogens with one attached hydrogen (secondary N) is 1. The average molecular weight is 488 g/mol. The number of aromatic nitrogens is 1. The van der Waals surface area contributed by atoms with E-state index < -0.39 is 0 Å². The largest absolute Gasteiger partial charge is 0.357 e. The Bertz CT molecular complexity index is 740. The maximum absolute atomic E-state index is 13.2. The first kappa shape index (κ1) is 21.1. The number of rotatable bonds is 6. The molecule has 4 nitrogen and oxygen atoms in total. The molecule has 1 aromatic heterocycles. The van der Waals surface area contributed by atoms with Gasteiger partial charge in [-0.2, -0.15) is 0 Å². The number of benzene rings is 1. The number of guanidine groups is 1. The van der Waals surface area contributed by atoms with Gasteiger partial charge >= 0.3 is 0 Å². The second kappa shape index (κ2) is 9.12. The SMILES string of the molecule is CCNC(=NCC1(c2ccc(F)cc2)CC1)N(C)Cc1csc(C)n1.I. The van der Waals surface area contributed by atoms with Gasteiger partial charge in [0.15, 0.2) is 5.96 Å². The van der Waals surface area contributed by atoms with Crippen molar-refractivity contribution in [2.24, 2.45) is 4.99 Å². The topological polar surface area (TPSA) is 40.5 Å². The smallest absolute Gasteiger partial charge is 0.194 e. The number of hydrogen-bond acceptors (Lipinski definition) is 3. The number of nitrogens with zero attached hydrogens (tertiary/aromatic N) is 3. The van der Waals surface area contributed by atoms with Crippen molar-refractivity contribution in [3.05, 3.63) is 51.7 Å². The lowest BCUT2D eigenvalue weighted by atomic mass is 9.96. The average Bonchev–Trinajstić information content (AvgIpc) is 3.28. The van der Waals surface area contributed by atoms with Gasteiger partial charge in [0.25, 0.3) is 0 Å². The minimum atomic E-state index is -0.185. The maximum atomic E-state index is 13.2. The molecule has 1 aromatic carbocycles. The molecule has 26 heavy (non-hydrogen) atoms. The van der Waals surface area contributed by atoms with E-state index in [9.17, 15) is 4.39 Å². The Morgan fingerprint density at radius 3 is 2.58 bits per heavy atom. The van der Waals surface area contributed by atoms with Crippen LogP contribution in [0.2, 0.25) is 0 Å². The van der Waals surface area contributed by atoms with E-state index in [1.165, 1.54) is 5.56 Å². The molecular weight excluding hydrogens is 462 g/mol. The number of thiazole rings is 1. The third-order valence-corrected chi connectivity index (χ3v) is 5.43. The second-order valence-electron chi connectivity index (χ2n) is 6.67. The fourth-order valence-electron chi connectivity index (χ4n) is 2.99. The molecule has 2 aromatic rings. The van der Waals surface area contributed by atoms with E-state index in [4.69, 9.17) is 4.99 Å². The normalized spacial score (nSPS) is 15.3. The van der Waals surface area contributed by atoms with Crippen LogP contribution in [0.3, 0.4) is 0 Å². The van der Waals surface area contributed by atoms with Gasteiger partial charge in [0.05, 0.1) is 23.8 Å². The van der Waals surface area contributed by atoms with E-state index >= 15 is 0 Å². The van der Waals surface area contributed by atoms with Gasteiger partial charge in [-0.05, 0) is 44.4 Å². The summed E-state index contributed by atoms with van der Waals surface area (Å²) in [6.45, 7) is 6.38. The van der Waals surface area contributed by atoms with E-state index in [-0.39, 0.29) is 35.2 Å². The zero-order valence-electron chi connectivity index (χ0n) is 15.5. The number of aryl methyl sites for hydroxylation is 1. The van der Waals surface area contributed by atoms with Crippen LogP contribution in [0.25, 0.3) is 0 Å². The van der Waals surface area contributed by atoms with Crippen LogP contribution < -0.4 is 5.32 Å². The third-order valence-electron chi connectivity index (χ3n) is 4.60. The van der Waals surface area contributed by atoms with Crippen LogP contribution in [0.5, 0.6) is 0 Å². The van der Waals surface area contributed by atoms with Crippen LogP contribution in [0.1, 0.15) is 36.0 Å². The van der Waals surface area contributed by atoms with Crippen LogP contribution >= 0.6 is 35.3 Å². The highest BCUT2D eigenvalue weighted by molar-refractivity contribution is 14.0. The highest BCUT2D eigenvalue weighted by Gasteiger charge is 2.44. The highest BCUT2D eigenvalue weighted by atomic mass is 127. The van der Waals surface area contributed by atoms with Crippen molar-refractivity contribution >= 4 is 41.3 Å². The van der Waals surface area contributed by atoms with Gasteiger partial charge in [-0.15, -0.1) is 35.3 Å². The molecule has 0 atom stereocenters. The Balaban J connectivity index is 0.00000243. The van der Waals surface area contributed by atoms with E-state index in [2.05, 4.69) is 27.5 Å². The fourth-order valence-corrected chi connectivity index (χ4v) is 3.59. The Morgan fingerprint density at radius 2 is 2.04 bits per heavy atom. The quantitative estimate of drug-likeness (QED) is 0.374. The first-order valence-corrected chi connectivity index (χ1v) is 9.57. The standard InChI is InChI=1S/C19H25FN4S.HI/c1-4-21-18(24(3)11-17-12-25-14(2)23-17)22-13-19(9-10-19)15-5-7-16(20)8-6-15;/h5-8,12H,4,9-11,13H2,1-3H3,(H,21,22);1H. The molecule has 1 fully saturated rings. The molecule has 0 saturated heterocycles. The summed E-state index contributed by atoms with van der Waals surface area (Å²) >= 11 is 1.67. The van der Waals surface area contributed by atoms with Crippen LogP contribution in [-0.2, 0) is 12.0 Å². The van der Waals surface area contributed by atoms with Crippen molar-refractivity contribution in [1.82, 2.24) is 15.2 Å². The van der Waals surface area contributed by atoms with E-state index in [1.54, 1.807) is 23.5 Å². The Hall–Kier alpha value is -1.22. The fraction of sp³-hybridized carbons (Fsp3) is 0.474. The van der Waals surface area contributed by atoms with Gasteiger partial charge in [0, 0.05) is 24.4 Å². The van der Waals surface area contributed by atoms with Gasteiger partial charge in [-0.3, -0.25) is 4.99 Å². The molecular formula is C19H26FIN4S. The third kappa shape index (κ3) is 5.16. The van der Waals surface area contributed by atoms with E-state index in [0.717, 1.165) is 49.1 Å². The first-order chi connectivity index (χ1) is 12.0. The van der Waals surface area contributed by atoms with Crippen LogP contribution in [0, 0.1) is 12.7 Å². The number of hydrogen-bond donors (Lipinski definition) is 1. The zero-order valence-corrected chi connectivity index (χ0v) is 18.6. The molecule has 1 N–H and O–H groups in total. The summed E-state index contributed by atoms with van der Waals surface area (Å²) in [6.07, 6.45) is 2.22. The molecule has 142 valence electrons. The molecule has 7 heteroatoms. The lowest BCUT2D eigenvalue weighted by Crippen LogP contribution is -2.39. The van der Waals surface area contributed by atoms with Gasteiger partial charge in [-0.25, -0.2) is 9.37 Å². The summed E-state index contributed by atoms with van der Waals surface area (Å²) in [7, 11) is 2.04. The molecule has 0 amide bonds. The number of aliphatic imine (C=N–C) groups is 1. The Kier molecular flexibility index (Phi) is 7.40. The predicted molar refractivity (Wildman–Crippen MR) is 117 cm³/mol. The van der Waals surface area contributed by atoms with Crippen molar-refractivity contribution in [2.75, 3.05) is 20.1 Å². The maximum Gasteiger partial charge on any atom is 0.194 e. The summed E-state index contributed by atoms with van der Waals surface area (Å²) in [6, 6.07) is 6.88. The Labute approximate surface area is 176 Å². The summed E-state index contributed by atoms with van der Waals surface area (Å²) < 4.78 is 13.2. The van der Waals surface area contributed by atoms with Crippen LogP contribution in [0.15, 0.2) is 34.6 Å². The molecule has 1 heterocycles. The molecule has 0 spiro atoms. The molecule has 0 radical (unpaired) electrons.